The summed E-state index contributed by atoms with van der Waals surface area (Å²) < 4.78 is 4.94. The van der Waals surface area contributed by atoms with Gasteiger partial charge >= 0.3 is 5.97 Å². The SMILES string of the molecule is CCOC(=O)Cc1ccc(NCCCc2ccc(Cl)cc2)cc1. The second-order valence-electron chi connectivity index (χ2n) is 5.34. The van der Waals surface area contributed by atoms with Crippen LogP contribution in [0.15, 0.2) is 48.5 Å². The van der Waals surface area contributed by atoms with Crippen molar-refractivity contribution >= 4 is 23.3 Å². The highest BCUT2D eigenvalue weighted by Crippen LogP contribution is 2.13. The molecule has 0 bridgehead atoms. The topological polar surface area (TPSA) is 38.3 Å². The average Bonchev–Trinajstić information content (AvgIpc) is 2.55. The highest BCUT2D eigenvalue weighted by Gasteiger charge is 2.03. The fourth-order valence-corrected chi connectivity index (χ4v) is 2.42. The molecule has 2 rings (SSSR count). The molecule has 1 N–H and O–H groups in total. The van der Waals surface area contributed by atoms with E-state index >= 15 is 0 Å². The van der Waals surface area contributed by atoms with Crippen LogP contribution >= 0.6 is 11.6 Å². The molecule has 2 aromatic rings. The minimum atomic E-state index is -0.184. The predicted molar refractivity (Wildman–Crippen MR) is 95.0 cm³/mol. The van der Waals surface area contributed by atoms with Gasteiger partial charge in [0.15, 0.2) is 0 Å². The number of nitrogens with one attached hydrogen (secondary N) is 1. The van der Waals surface area contributed by atoms with Crippen molar-refractivity contribution in [3.05, 3.63) is 64.7 Å². The third-order valence-electron chi connectivity index (χ3n) is 3.49. The second-order valence-corrected chi connectivity index (χ2v) is 5.77. The minimum absolute atomic E-state index is 0.184. The van der Waals surface area contributed by atoms with E-state index in [9.17, 15) is 4.79 Å². The first-order valence-corrected chi connectivity index (χ1v) is 8.28. The van der Waals surface area contributed by atoms with Crippen molar-refractivity contribution in [2.75, 3.05) is 18.5 Å². The van der Waals surface area contributed by atoms with Gasteiger partial charge in [0.05, 0.1) is 13.0 Å². The van der Waals surface area contributed by atoms with Crippen LogP contribution < -0.4 is 5.32 Å². The molecule has 0 spiro atoms. The predicted octanol–water partition coefficient (Wildman–Crippen LogP) is 4.49. The first-order chi connectivity index (χ1) is 11.2. The summed E-state index contributed by atoms with van der Waals surface area (Å²) in [6, 6.07) is 15.9. The maximum atomic E-state index is 11.4. The van der Waals surface area contributed by atoms with E-state index in [-0.39, 0.29) is 5.97 Å². The second kappa shape index (κ2) is 9.21. The smallest absolute Gasteiger partial charge is 0.310 e. The molecule has 0 radical (unpaired) electrons. The molecule has 3 nitrogen and oxygen atoms in total. The first kappa shape index (κ1) is 17.4. The standard InChI is InChI=1S/C19H22ClNO2/c1-2-23-19(22)14-16-7-11-18(12-8-16)21-13-3-4-15-5-9-17(20)10-6-15/h5-12,21H,2-4,13-14H2,1H3. The van der Waals surface area contributed by atoms with Gasteiger partial charge in [-0.25, -0.2) is 0 Å². The van der Waals surface area contributed by atoms with Crippen molar-refractivity contribution < 1.29 is 9.53 Å². The van der Waals surface area contributed by atoms with E-state index in [0.29, 0.717) is 13.0 Å². The van der Waals surface area contributed by atoms with E-state index < -0.39 is 0 Å². The molecule has 0 aliphatic heterocycles. The van der Waals surface area contributed by atoms with Gasteiger partial charge in [-0.15, -0.1) is 0 Å². The fourth-order valence-electron chi connectivity index (χ4n) is 2.30. The van der Waals surface area contributed by atoms with Crippen LogP contribution in [0.2, 0.25) is 5.02 Å². The number of hydrogen-bond acceptors (Lipinski definition) is 3. The van der Waals surface area contributed by atoms with Crippen molar-refractivity contribution in [1.29, 1.82) is 0 Å². The largest absolute Gasteiger partial charge is 0.466 e. The van der Waals surface area contributed by atoms with Crippen LogP contribution in [0, 0.1) is 0 Å². The lowest BCUT2D eigenvalue weighted by molar-refractivity contribution is -0.142. The summed E-state index contributed by atoms with van der Waals surface area (Å²) >= 11 is 5.87. The number of halogens is 1. The highest BCUT2D eigenvalue weighted by molar-refractivity contribution is 6.30. The molecule has 122 valence electrons. The van der Waals surface area contributed by atoms with E-state index in [1.54, 1.807) is 0 Å². The molecule has 0 amide bonds. The Kier molecular flexibility index (Phi) is 6.95. The number of aryl methyl sites for hydroxylation is 1. The van der Waals surface area contributed by atoms with Gasteiger partial charge in [-0.05, 0) is 55.2 Å². The number of carbonyl (C=O) groups is 1. The van der Waals surface area contributed by atoms with E-state index in [2.05, 4.69) is 17.4 Å². The van der Waals surface area contributed by atoms with Crippen molar-refractivity contribution in [2.24, 2.45) is 0 Å². The Morgan fingerprint density at radius 2 is 1.70 bits per heavy atom. The van der Waals surface area contributed by atoms with Crippen molar-refractivity contribution in [3.8, 4) is 0 Å². The average molecular weight is 332 g/mol. The van der Waals surface area contributed by atoms with Gasteiger partial charge in [0, 0.05) is 17.3 Å². The monoisotopic (exact) mass is 331 g/mol. The zero-order valence-electron chi connectivity index (χ0n) is 13.3. The zero-order chi connectivity index (χ0) is 16.5. The Balaban J connectivity index is 1.71. The number of rotatable bonds is 8. The van der Waals surface area contributed by atoms with E-state index in [1.165, 1.54) is 5.56 Å². The van der Waals surface area contributed by atoms with Crippen LogP contribution in [0.4, 0.5) is 5.69 Å². The summed E-state index contributed by atoms with van der Waals surface area (Å²) in [5.74, 6) is -0.184. The Morgan fingerprint density at radius 1 is 1.04 bits per heavy atom. The molecule has 0 saturated carbocycles. The van der Waals surface area contributed by atoms with Gasteiger partial charge in [-0.2, -0.15) is 0 Å². The number of ether oxygens (including phenoxy) is 1. The Hall–Kier alpha value is -2.00. The molecule has 2 aromatic carbocycles. The Labute approximate surface area is 142 Å². The molecule has 23 heavy (non-hydrogen) atoms. The van der Waals surface area contributed by atoms with Crippen LogP contribution in [0.5, 0.6) is 0 Å². The van der Waals surface area contributed by atoms with Crippen LogP contribution in [0.1, 0.15) is 24.5 Å². The molecule has 0 aliphatic rings. The lowest BCUT2D eigenvalue weighted by Crippen LogP contribution is -2.07. The molecule has 0 saturated heterocycles. The van der Waals surface area contributed by atoms with Gasteiger partial charge in [0.1, 0.15) is 0 Å². The van der Waals surface area contributed by atoms with Crippen molar-refractivity contribution in [1.82, 2.24) is 0 Å². The summed E-state index contributed by atoms with van der Waals surface area (Å²) in [4.78, 5) is 11.4. The maximum Gasteiger partial charge on any atom is 0.310 e. The lowest BCUT2D eigenvalue weighted by atomic mass is 10.1. The molecule has 0 heterocycles. The minimum Gasteiger partial charge on any atom is -0.466 e. The zero-order valence-corrected chi connectivity index (χ0v) is 14.1. The van der Waals surface area contributed by atoms with E-state index in [1.807, 2.05) is 43.3 Å². The van der Waals surface area contributed by atoms with Crippen molar-refractivity contribution in [3.63, 3.8) is 0 Å². The van der Waals surface area contributed by atoms with Crippen LogP contribution in [-0.2, 0) is 22.4 Å². The van der Waals surface area contributed by atoms with Gasteiger partial charge < -0.3 is 10.1 Å². The summed E-state index contributed by atoms with van der Waals surface area (Å²) in [5, 5.41) is 4.16. The molecule has 0 fully saturated rings. The number of carbonyl (C=O) groups excluding carboxylic acids is 1. The summed E-state index contributed by atoms with van der Waals surface area (Å²) in [6.45, 7) is 3.14. The number of esters is 1. The number of hydrogen-bond donors (Lipinski definition) is 1. The third kappa shape index (κ3) is 6.33. The first-order valence-electron chi connectivity index (χ1n) is 7.90. The van der Waals surface area contributed by atoms with Gasteiger partial charge in [-0.1, -0.05) is 35.9 Å². The van der Waals surface area contributed by atoms with Crippen molar-refractivity contribution in [2.45, 2.75) is 26.2 Å². The molecule has 0 unspecified atom stereocenters. The van der Waals surface area contributed by atoms with E-state index in [0.717, 1.165) is 35.7 Å². The quantitative estimate of drug-likeness (QED) is 0.572. The molecule has 4 heteroatoms. The number of anilines is 1. The molecular weight excluding hydrogens is 310 g/mol. The Morgan fingerprint density at radius 3 is 2.35 bits per heavy atom. The summed E-state index contributed by atoms with van der Waals surface area (Å²) in [5.41, 5.74) is 3.32. The number of benzene rings is 2. The molecule has 0 aliphatic carbocycles. The van der Waals surface area contributed by atoms with Gasteiger partial charge in [0.2, 0.25) is 0 Å². The lowest BCUT2D eigenvalue weighted by Gasteiger charge is -2.08. The van der Waals surface area contributed by atoms with Gasteiger partial charge in [0.25, 0.3) is 0 Å². The maximum absolute atomic E-state index is 11.4. The summed E-state index contributed by atoms with van der Waals surface area (Å²) in [7, 11) is 0. The Bertz CT molecular complexity index is 608. The molecule has 0 atom stereocenters. The summed E-state index contributed by atoms with van der Waals surface area (Å²) in [6.07, 6.45) is 2.39. The highest BCUT2D eigenvalue weighted by atomic mass is 35.5. The normalized spacial score (nSPS) is 10.3. The fraction of sp³-hybridized carbons (Fsp3) is 0.316. The third-order valence-corrected chi connectivity index (χ3v) is 3.74. The van der Waals surface area contributed by atoms with Crippen LogP contribution in [-0.4, -0.2) is 19.1 Å². The van der Waals surface area contributed by atoms with Gasteiger partial charge in [-0.3, -0.25) is 4.79 Å². The van der Waals surface area contributed by atoms with Crippen LogP contribution in [0.25, 0.3) is 0 Å². The molecule has 0 aromatic heterocycles. The molecular formula is C19H22ClNO2. The van der Waals surface area contributed by atoms with Crippen LogP contribution in [0.3, 0.4) is 0 Å². The van der Waals surface area contributed by atoms with E-state index in [4.69, 9.17) is 16.3 Å².